The number of carbonyl (C=O) groups is 2. The fourth-order valence-corrected chi connectivity index (χ4v) is 3.95. The Morgan fingerprint density at radius 3 is 2.69 bits per heavy atom. The molecular weight excluding hydrogens is 391 g/mol. The molecule has 0 radical (unpaired) electrons. The third-order valence-corrected chi connectivity index (χ3v) is 5.36. The molecule has 134 valence electrons. The van der Waals surface area contributed by atoms with Gasteiger partial charge >= 0.3 is 6.18 Å². The smallest absolute Gasteiger partial charge is 0.273 e. The summed E-state index contributed by atoms with van der Waals surface area (Å²) in [5.74, 6) is -0.0515. The summed E-state index contributed by atoms with van der Waals surface area (Å²) in [5.41, 5.74) is -0.583. The number of alkyl halides is 3. The number of hydrogen-bond acceptors (Lipinski definition) is 7. The van der Waals surface area contributed by atoms with Gasteiger partial charge < -0.3 is 0 Å². The average molecular weight is 399 g/mol. The fraction of sp³-hybridized carbons (Fsp3) is 0.214. The number of amides is 2. The standard InChI is InChI=1S/C14H8F3N5O2S2/c15-14(16,17)8-3-1-2-7(4-8)11-18-19-12-22(11)20-9(26-12)5-21-10(23)6-25-13(21)24/h1-4H,5-6H2. The van der Waals surface area contributed by atoms with Gasteiger partial charge in [-0.25, -0.2) is 0 Å². The first-order chi connectivity index (χ1) is 12.3. The van der Waals surface area contributed by atoms with Gasteiger partial charge in [0.1, 0.15) is 5.01 Å². The van der Waals surface area contributed by atoms with E-state index in [2.05, 4.69) is 15.3 Å². The molecular formula is C14H8F3N5O2S2. The normalized spacial score (nSPS) is 15.4. The van der Waals surface area contributed by atoms with Crippen molar-refractivity contribution >= 4 is 39.2 Å². The van der Waals surface area contributed by atoms with E-state index in [0.717, 1.165) is 40.1 Å². The summed E-state index contributed by atoms with van der Waals surface area (Å²) >= 11 is 2.03. The zero-order valence-electron chi connectivity index (χ0n) is 12.7. The topological polar surface area (TPSA) is 80.5 Å². The average Bonchev–Trinajstić information content (AvgIpc) is 3.24. The number of hydrogen-bond donors (Lipinski definition) is 0. The van der Waals surface area contributed by atoms with Crippen LogP contribution in [0.1, 0.15) is 10.6 Å². The van der Waals surface area contributed by atoms with Crippen molar-refractivity contribution in [3.63, 3.8) is 0 Å². The Hall–Kier alpha value is -2.47. The molecule has 3 aromatic rings. The highest BCUT2D eigenvalue weighted by molar-refractivity contribution is 8.14. The second kappa shape index (κ2) is 6.06. The van der Waals surface area contributed by atoms with Crippen molar-refractivity contribution in [3.8, 4) is 11.4 Å². The van der Waals surface area contributed by atoms with Gasteiger partial charge in [-0.05, 0) is 12.1 Å². The molecule has 0 aliphatic carbocycles. The van der Waals surface area contributed by atoms with Crippen LogP contribution in [0.5, 0.6) is 0 Å². The van der Waals surface area contributed by atoms with E-state index >= 15 is 0 Å². The molecule has 1 aromatic carbocycles. The van der Waals surface area contributed by atoms with Gasteiger partial charge in [0.15, 0.2) is 5.82 Å². The minimum absolute atomic E-state index is 0.000718. The number of nitrogens with zero attached hydrogens (tertiary/aromatic N) is 5. The largest absolute Gasteiger partial charge is 0.416 e. The third kappa shape index (κ3) is 2.94. The summed E-state index contributed by atoms with van der Waals surface area (Å²) < 4.78 is 40.0. The number of carbonyl (C=O) groups excluding carboxylic acids is 2. The van der Waals surface area contributed by atoms with Gasteiger partial charge in [-0.1, -0.05) is 35.2 Å². The van der Waals surface area contributed by atoms with Crippen LogP contribution in [-0.2, 0) is 17.5 Å². The summed E-state index contributed by atoms with van der Waals surface area (Å²) in [6, 6.07) is 4.70. The Labute approximate surface area is 151 Å². The highest BCUT2D eigenvalue weighted by atomic mass is 32.2. The summed E-state index contributed by atoms with van der Waals surface area (Å²) in [6.45, 7) is 0.000718. The van der Waals surface area contributed by atoms with Crippen molar-refractivity contribution in [1.82, 2.24) is 24.7 Å². The summed E-state index contributed by atoms with van der Waals surface area (Å²) in [6.07, 6.45) is -4.47. The molecule has 1 fully saturated rings. The predicted molar refractivity (Wildman–Crippen MR) is 87.5 cm³/mol. The molecule has 7 nitrogen and oxygen atoms in total. The van der Waals surface area contributed by atoms with Gasteiger partial charge in [-0.3, -0.25) is 14.5 Å². The molecule has 0 N–H and O–H groups in total. The molecule has 26 heavy (non-hydrogen) atoms. The molecule has 4 rings (SSSR count). The third-order valence-electron chi connectivity index (χ3n) is 3.61. The monoisotopic (exact) mass is 399 g/mol. The maximum absolute atomic E-state index is 12.9. The van der Waals surface area contributed by atoms with Crippen LogP contribution in [0.3, 0.4) is 0 Å². The number of fused-ring (bicyclic) bond motifs is 1. The molecule has 0 bridgehead atoms. The zero-order chi connectivity index (χ0) is 18.5. The molecule has 0 unspecified atom stereocenters. The zero-order valence-corrected chi connectivity index (χ0v) is 14.4. The molecule has 0 atom stereocenters. The van der Waals surface area contributed by atoms with Crippen LogP contribution in [0, 0.1) is 0 Å². The van der Waals surface area contributed by atoms with Crippen LogP contribution in [0.15, 0.2) is 24.3 Å². The van der Waals surface area contributed by atoms with E-state index in [1.165, 1.54) is 16.6 Å². The van der Waals surface area contributed by atoms with Gasteiger partial charge in [0.25, 0.3) is 5.24 Å². The van der Waals surface area contributed by atoms with Crippen LogP contribution in [-0.4, -0.2) is 41.6 Å². The van der Waals surface area contributed by atoms with Gasteiger partial charge in [0.05, 0.1) is 17.9 Å². The number of thioether (sulfide) groups is 1. The Morgan fingerprint density at radius 1 is 1.19 bits per heavy atom. The van der Waals surface area contributed by atoms with Gasteiger partial charge in [0.2, 0.25) is 10.9 Å². The van der Waals surface area contributed by atoms with Crippen molar-refractivity contribution in [3.05, 3.63) is 34.8 Å². The summed E-state index contributed by atoms with van der Waals surface area (Å²) in [7, 11) is 0. The molecule has 12 heteroatoms. The van der Waals surface area contributed by atoms with Crippen LogP contribution < -0.4 is 0 Å². The maximum Gasteiger partial charge on any atom is 0.416 e. The minimum Gasteiger partial charge on any atom is -0.273 e. The van der Waals surface area contributed by atoms with Crippen LogP contribution in [0.2, 0.25) is 0 Å². The van der Waals surface area contributed by atoms with Crippen molar-refractivity contribution in [2.24, 2.45) is 0 Å². The Balaban J connectivity index is 1.69. The molecule has 2 amide bonds. The highest BCUT2D eigenvalue weighted by Crippen LogP contribution is 2.32. The number of benzene rings is 1. The highest BCUT2D eigenvalue weighted by Gasteiger charge is 2.32. The molecule has 1 aliphatic heterocycles. The Bertz CT molecular complexity index is 1010. The van der Waals surface area contributed by atoms with Crippen molar-refractivity contribution in [2.75, 3.05) is 5.75 Å². The first kappa shape index (κ1) is 17.0. The second-order valence-electron chi connectivity index (χ2n) is 5.33. The molecule has 3 heterocycles. The first-order valence-electron chi connectivity index (χ1n) is 7.19. The summed E-state index contributed by atoms with van der Waals surface area (Å²) in [5, 5.41) is 12.1. The molecule has 1 saturated heterocycles. The lowest BCUT2D eigenvalue weighted by Gasteiger charge is -2.09. The van der Waals surface area contributed by atoms with Gasteiger partial charge in [-0.15, -0.1) is 10.2 Å². The van der Waals surface area contributed by atoms with E-state index in [1.807, 2.05) is 0 Å². The fourth-order valence-electron chi connectivity index (χ4n) is 2.40. The molecule has 0 saturated carbocycles. The number of halogens is 3. The van der Waals surface area contributed by atoms with Gasteiger partial charge in [-0.2, -0.15) is 22.8 Å². The van der Waals surface area contributed by atoms with Crippen molar-refractivity contribution in [2.45, 2.75) is 12.7 Å². The van der Waals surface area contributed by atoms with E-state index in [1.54, 1.807) is 0 Å². The maximum atomic E-state index is 12.9. The lowest BCUT2D eigenvalue weighted by Crippen LogP contribution is -2.27. The van der Waals surface area contributed by atoms with Crippen LogP contribution in [0.25, 0.3) is 16.3 Å². The molecule has 2 aromatic heterocycles. The van der Waals surface area contributed by atoms with Crippen LogP contribution in [0.4, 0.5) is 18.0 Å². The van der Waals surface area contributed by atoms with Crippen molar-refractivity contribution in [1.29, 1.82) is 0 Å². The number of rotatable bonds is 3. The lowest BCUT2D eigenvalue weighted by atomic mass is 10.1. The Morgan fingerprint density at radius 2 is 2.00 bits per heavy atom. The molecule has 1 aliphatic rings. The van der Waals surface area contributed by atoms with Crippen LogP contribution >= 0.6 is 23.1 Å². The van der Waals surface area contributed by atoms with E-state index < -0.39 is 11.7 Å². The van der Waals surface area contributed by atoms with Crippen molar-refractivity contribution < 1.29 is 22.8 Å². The SMILES string of the molecule is O=C1CSC(=O)N1Cc1nn2c(-c3cccc(C(F)(F)F)c3)nnc2s1. The predicted octanol–water partition coefficient (Wildman–Crippen LogP) is 3.07. The minimum atomic E-state index is -4.47. The summed E-state index contributed by atoms with van der Waals surface area (Å²) in [4.78, 5) is 24.8. The quantitative estimate of drug-likeness (QED) is 0.673. The number of aromatic nitrogens is 4. The molecule has 0 spiro atoms. The van der Waals surface area contributed by atoms with E-state index in [-0.39, 0.29) is 34.8 Å². The van der Waals surface area contributed by atoms with E-state index in [0.29, 0.717) is 9.97 Å². The Kier molecular flexibility index (Phi) is 3.95. The van der Waals surface area contributed by atoms with Gasteiger partial charge in [0, 0.05) is 5.56 Å². The lowest BCUT2D eigenvalue weighted by molar-refractivity contribution is -0.137. The second-order valence-corrected chi connectivity index (χ2v) is 7.29. The van der Waals surface area contributed by atoms with E-state index in [9.17, 15) is 22.8 Å². The van der Waals surface area contributed by atoms with E-state index in [4.69, 9.17) is 0 Å². The number of imide groups is 1. The first-order valence-corrected chi connectivity index (χ1v) is 8.99.